The zero-order valence-corrected chi connectivity index (χ0v) is 8.81. The van der Waals surface area contributed by atoms with Crippen molar-refractivity contribution in [2.24, 2.45) is 0 Å². The van der Waals surface area contributed by atoms with Gasteiger partial charge in [0, 0.05) is 6.42 Å². The number of aliphatic hydroxyl groups is 4. The summed E-state index contributed by atoms with van der Waals surface area (Å²) in [6.45, 7) is 0.709. The van der Waals surface area contributed by atoms with Crippen LogP contribution in [0.25, 0.3) is 0 Å². The molecule has 0 aromatic rings. The number of hydrogen-bond acceptors (Lipinski definition) is 7. The second kappa shape index (κ2) is 7.29. The van der Waals surface area contributed by atoms with Crippen molar-refractivity contribution in [3.05, 3.63) is 0 Å². The second-order valence-electron chi connectivity index (χ2n) is 3.18. The predicted octanol–water partition coefficient (Wildman–Crippen LogP) is -2.42. The molecule has 94 valence electrons. The third-order valence-corrected chi connectivity index (χ3v) is 1.96. The second-order valence-corrected chi connectivity index (χ2v) is 3.18. The Morgan fingerprint density at radius 2 is 1.88 bits per heavy atom. The van der Waals surface area contributed by atoms with Crippen LogP contribution < -0.4 is 0 Å². The standard InChI is InChI=1S/C9H16O7/c1-2-7(13)16-6(4-11)9(15)8(14)5(12)3-10/h4-6,8-10,12,14-15H,2-3H2,1H3/t5-,6+,8-,9-/m1/s1. The van der Waals surface area contributed by atoms with Crippen molar-refractivity contribution < 1.29 is 34.8 Å². The quantitative estimate of drug-likeness (QED) is 0.286. The smallest absolute Gasteiger partial charge is 0.306 e. The minimum Gasteiger partial charge on any atom is -0.452 e. The van der Waals surface area contributed by atoms with Crippen molar-refractivity contribution in [2.45, 2.75) is 37.8 Å². The average Bonchev–Trinajstić information content (AvgIpc) is 2.32. The minimum atomic E-state index is -1.78. The first-order chi connectivity index (χ1) is 7.47. The molecule has 16 heavy (non-hydrogen) atoms. The van der Waals surface area contributed by atoms with E-state index in [1.54, 1.807) is 0 Å². The number of ether oxygens (including phenoxy) is 1. The fourth-order valence-electron chi connectivity index (χ4n) is 0.943. The van der Waals surface area contributed by atoms with E-state index in [1.807, 2.05) is 0 Å². The third-order valence-electron chi connectivity index (χ3n) is 1.96. The van der Waals surface area contributed by atoms with Crippen molar-refractivity contribution in [1.82, 2.24) is 0 Å². The van der Waals surface area contributed by atoms with E-state index in [1.165, 1.54) is 6.92 Å². The summed E-state index contributed by atoms with van der Waals surface area (Å²) >= 11 is 0. The van der Waals surface area contributed by atoms with E-state index in [4.69, 9.17) is 10.2 Å². The third kappa shape index (κ3) is 4.23. The monoisotopic (exact) mass is 236 g/mol. The molecule has 0 unspecified atom stereocenters. The highest BCUT2D eigenvalue weighted by Crippen LogP contribution is 2.07. The largest absolute Gasteiger partial charge is 0.452 e. The Balaban J connectivity index is 4.45. The van der Waals surface area contributed by atoms with Gasteiger partial charge in [0.15, 0.2) is 12.4 Å². The van der Waals surface area contributed by atoms with Gasteiger partial charge in [-0.15, -0.1) is 0 Å². The number of esters is 1. The molecule has 0 aliphatic carbocycles. The van der Waals surface area contributed by atoms with Crippen LogP contribution in [0.2, 0.25) is 0 Å². The molecule has 0 saturated carbocycles. The molecule has 7 nitrogen and oxygen atoms in total. The van der Waals surface area contributed by atoms with Crippen LogP contribution in [0.4, 0.5) is 0 Å². The lowest BCUT2D eigenvalue weighted by Gasteiger charge is -2.25. The van der Waals surface area contributed by atoms with Gasteiger partial charge in [-0.2, -0.15) is 0 Å². The van der Waals surface area contributed by atoms with Gasteiger partial charge in [-0.25, -0.2) is 0 Å². The molecule has 0 saturated heterocycles. The number of aldehydes is 1. The molecule has 0 aliphatic rings. The first-order valence-corrected chi connectivity index (χ1v) is 4.77. The molecule has 0 fully saturated rings. The molecule has 0 bridgehead atoms. The van der Waals surface area contributed by atoms with E-state index in [-0.39, 0.29) is 12.7 Å². The van der Waals surface area contributed by atoms with Crippen LogP contribution in [0.15, 0.2) is 0 Å². The molecule has 0 rings (SSSR count). The Bertz CT molecular complexity index is 230. The summed E-state index contributed by atoms with van der Waals surface area (Å²) in [5.74, 6) is -0.721. The molecule has 0 amide bonds. The van der Waals surface area contributed by atoms with Crippen LogP contribution in [-0.4, -0.2) is 63.7 Å². The van der Waals surface area contributed by atoms with Crippen LogP contribution in [0.3, 0.4) is 0 Å². The summed E-state index contributed by atoms with van der Waals surface area (Å²) in [6.07, 6.45) is -6.58. The first kappa shape index (κ1) is 15.0. The van der Waals surface area contributed by atoms with Gasteiger partial charge < -0.3 is 25.2 Å². The maximum atomic E-state index is 10.9. The minimum absolute atomic E-state index is 0.00963. The number of rotatable bonds is 7. The lowest BCUT2D eigenvalue weighted by molar-refractivity contribution is -0.167. The molecular weight excluding hydrogens is 220 g/mol. The van der Waals surface area contributed by atoms with Crippen LogP contribution >= 0.6 is 0 Å². The first-order valence-electron chi connectivity index (χ1n) is 4.77. The highest BCUT2D eigenvalue weighted by atomic mass is 16.6. The SMILES string of the molecule is CCC(=O)O[C@@H](C=O)[C@@H](O)[C@H](O)[C@H](O)CO. The van der Waals surface area contributed by atoms with Gasteiger partial charge in [0.2, 0.25) is 0 Å². The highest BCUT2D eigenvalue weighted by Gasteiger charge is 2.33. The normalized spacial score (nSPS) is 18.3. The van der Waals surface area contributed by atoms with Crippen LogP contribution in [0, 0.1) is 0 Å². The zero-order valence-electron chi connectivity index (χ0n) is 8.81. The average molecular weight is 236 g/mol. The maximum absolute atomic E-state index is 10.9. The van der Waals surface area contributed by atoms with Gasteiger partial charge in [0.05, 0.1) is 6.61 Å². The highest BCUT2D eigenvalue weighted by molar-refractivity contribution is 5.72. The van der Waals surface area contributed by atoms with Gasteiger partial charge in [-0.1, -0.05) is 6.92 Å². The lowest BCUT2D eigenvalue weighted by atomic mass is 10.0. The number of hydrogen-bond donors (Lipinski definition) is 4. The molecule has 0 aliphatic heterocycles. The predicted molar refractivity (Wildman–Crippen MR) is 51.3 cm³/mol. The molecule has 0 radical (unpaired) electrons. The van der Waals surface area contributed by atoms with Crippen molar-refractivity contribution in [1.29, 1.82) is 0 Å². The van der Waals surface area contributed by atoms with E-state index in [2.05, 4.69) is 4.74 Å². The van der Waals surface area contributed by atoms with Crippen molar-refractivity contribution in [3.63, 3.8) is 0 Å². The van der Waals surface area contributed by atoms with Gasteiger partial charge in [-0.05, 0) is 0 Å². The summed E-state index contributed by atoms with van der Waals surface area (Å²) < 4.78 is 4.52. The zero-order chi connectivity index (χ0) is 12.7. The van der Waals surface area contributed by atoms with Crippen LogP contribution in [0.5, 0.6) is 0 Å². The maximum Gasteiger partial charge on any atom is 0.306 e. The summed E-state index contributed by atoms with van der Waals surface area (Å²) in [5, 5.41) is 36.2. The van der Waals surface area contributed by atoms with Gasteiger partial charge >= 0.3 is 5.97 Å². The van der Waals surface area contributed by atoms with Gasteiger partial charge in [0.1, 0.15) is 18.3 Å². The van der Waals surface area contributed by atoms with Gasteiger partial charge in [-0.3, -0.25) is 9.59 Å². The molecule has 4 atom stereocenters. The van der Waals surface area contributed by atoms with Crippen molar-refractivity contribution in [2.75, 3.05) is 6.61 Å². The molecule has 0 aromatic carbocycles. The van der Waals surface area contributed by atoms with E-state index >= 15 is 0 Å². The van der Waals surface area contributed by atoms with E-state index in [0.29, 0.717) is 0 Å². The van der Waals surface area contributed by atoms with E-state index in [0.717, 1.165) is 0 Å². The molecular formula is C9H16O7. The lowest BCUT2D eigenvalue weighted by Crippen LogP contribution is -2.47. The van der Waals surface area contributed by atoms with Crippen molar-refractivity contribution >= 4 is 12.3 Å². The Labute approximate surface area is 92.3 Å². The number of carbonyl (C=O) groups excluding carboxylic acids is 2. The molecule has 0 aromatic heterocycles. The Hall–Kier alpha value is -1.02. The van der Waals surface area contributed by atoms with Crippen molar-refractivity contribution in [3.8, 4) is 0 Å². The Morgan fingerprint density at radius 3 is 2.25 bits per heavy atom. The summed E-state index contributed by atoms with van der Waals surface area (Å²) in [7, 11) is 0. The summed E-state index contributed by atoms with van der Waals surface area (Å²) in [6, 6.07) is 0. The van der Waals surface area contributed by atoms with Crippen LogP contribution in [-0.2, 0) is 14.3 Å². The number of aliphatic hydroxyl groups excluding tert-OH is 4. The topological polar surface area (TPSA) is 124 Å². The fraction of sp³-hybridized carbons (Fsp3) is 0.778. The Morgan fingerprint density at radius 1 is 1.31 bits per heavy atom. The summed E-state index contributed by atoms with van der Waals surface area (Å²) in [4.78, 5) is 21.4. The molecule has 0 spiro atoms. The molecule has 7 heteroatoms. The number of carbonyl (C=O) groups is 2. The summed E-state index contributed by atoms with van der Waals surface area (Å²) in [5.41, 5.74) is 0. The molecule has 0 heterocycles. The van der Waals surface area contributed by atoms with Gasteiger partial charge in [0.25, 0.3) is 0 Å². The fourth-order valence-corrected chi connectivity index (χ4v) is 0.943. The van der Waals surface area contributed by atoms with Crippen LogP contribution in [0.1, 0.15) is 13.3 Å². The van der Waals surface area contributed by atoms with E-state index in [9.17, 15) is 19.8 Å². The molecule has 4 N–H and O–H groups in total. The van der Waals surface area contributed by atoms with E-state index < -0.39 is 37.0 Å². The Kier molecular flexibility index (Phi) is 6.82.